The maximum Gasteiger partial charge on any atom is 0.262 e. The molecular weight excluding hydrogens is 311 g/mol. The summed E-state index contributed by atoms with van der Waals surface area (Å²) in [6.45, 7) is 2.39. The fraction of sp³-hybridized carbons (Fsp3) is 0.333. The molecule has 3 aromatic rings. The zero-order chi connectivity index (χ0) is 16.0. The van der Waals surface area contributed by atoms with Gasteiger partial charge in [0.2, 0.25) is 0 Å². The Kier molecular flexibility index (Phi) is 3.53. The van der Waals surface area contributed by atoms with Crippen molar-refractivity contribution in [1.82, 2.24) is 9.55 Å². The Balaban J connectivity index is 1.87. The molecule has 1 aliphatic rings. The second kappa shape index (κ2) is 5.57. The molecule has 4 rings (SSSR count). The van der Waals surface area contributed by atoms with Gasteiger partial charge in [-0.25, -0.2) is 9.37 Å². The quantitative estimate of drug-likeness (QED) is 0.710. The van der Waals surface area contributed by atoms with Crippen LogP contribution in [0.5, 0.6) is 0 Å². The molecule has 1 aromatic carbocycles. The number of rotatable bonds is 2. The van der Waals surface area contributed by atoms with Crippen LogP contribution in [0.2, 0.25) is 0 Å². The number of aromatic nitrogens is 2. The maximum atomic E-state index is 13.9. The lowest BCUT2D eigenvalue weighted by molar-refractivity contribution is 0.593. The molecule has 0 bridgehead atoms. The molecule has 0 spiro atoms. The zero-order valence-electron chi connectivity index (χ0n) is 12.9. The van der Waals surface area contributed by atoms with Gasteiger partial charge < -0.3 is 0 Å². The summed E-state index contributed by atoms with van der Waals surface area (Å²) >= 11 is 1.64. The van der Waals surface area contributed by atoms with Gasteiger partial charge in [-0.3, -0.25) is 9.36 Å². The third kappa shape index (κ3) is 2.39. The van der Waals surface area contributed by atoms with Crippen molar-refractivity contribution >= 4 is 21.6 Å². The van der Waals surface area contributed by atoms with E-state index in [9.17, 15) is 9.18 Å². The van der Waals surface area contributed by atoms with Crippen LogP contribution in [-0.2, 0) is 13.0 Å². The first-order chi connectivity index (χ1) is 11.1. The first kappa shape index (κ1) is 14.6. The molecule has 2 aromatic heterocycles. The number of nitrogens with zero attached hydrogens (tertiary/aromatic N) is 2. The van der Waals surface area contributed by atoms with Crippen molar-refractivity contribution in [2.75, 3.05) is 0 Å². The third-order valence-corrected chi connectivity index (χ3v) is 5.80. The summed E-state index contributed by atoms with van der Waals surface area (Å²) in [5.74, 6) is 0.103. The number of thiophene rings is 1. The Bertz CT molecular complexity index is 944. The van der Waals surface area contributed by atoms with Crippen molar-refractivity contribution in [3.8, 4) is 0 Å². The molecule has 0 aliphatic heterocycles. The number of fused-ring (bicyclic) bond motifs is 3. The van der Waals surface area contributed by atoms with Crippen LogP contribution in [0.15, 0.2) is 35.4 Å². The van der Waals surface area contributed by atoms with E-state index in [0.717, 1.165) is 23.1 Å². The van der Waals surface area contributed by atoms with E-state index in [4.69, 9.17) is 0 Å². The Hall–Kier alpha value is -2.01. The SMILES string of the molecule is CC1CCCc2sc3ncn(Cc4ccccc4F)c(=O)c3c21. The van der Waals surface area contributed by atoms with Gasteiger partial charge in [-0.05, 0) is 36.8 Å². The second-order valence-corrected chi connectivity index (χ2v) is 7.26. The minimum absolute atomic E-state index is 0.0514. The van der Waals surface area contributed by atoms with Crippen LogP contribution < -0.4 is 5.56 Å². The highest BCUT2D eigenvalue weighted by Crippen LogP contribution is 2.39. The van der Waals surface area contributed by atoms with Crippen molar-refractivity contribution in [2.45, 2.75) is 38.6 Å². The molecule has 2 heterocycles. The Labute approximate surface area is 137 Å². The molecule has 0 N–H and O–H groups in total. The number of halogens is 1. The molecule has 1 aliphatic carbocycles. The van der Waals surface area contributed by atoms with E-state index in [-0.39, 0.29) is 17.9 Å². The highest BCUT2D eigenvalue weighted by Gasteiger charge is 2.24. The van der Waals surface area contributed by atoms with E-state index < -0.39 is 0 Å². The van der Waals surface area contributed by atoms with Gasteiger partial charge in [0.05, 0.1) is 18.3 Å². The average molecular weight is 328 g/mol. The molecule has 1 unspecified atom stereocenters. The summed E-state index contributed by atoms with van der Waals surface area (Å²) < 4.78 is 15.4. The predicted octanol–water partition coefficient (Wildman–Crippen LogP) is 4.09. The first-order valence-corrected chi connectivity index (χ1v) is 8.71. The Morgan fingerprint density at radius 2 is 2.22 bits per heavy atom. The smallest absolute Gasteiger partial charge is 0.262 e. The first-order valence-electron chi connectivity index (χ1n) is 7.89. The maximum absolute atomic E-state index is 13.9. The van der Waals surface area contributed by atoms with Crippen LogP contribution in [0.1, 0.15) is 41.7 Å². The van der Waals surface area contributed by atoms with Crippen LogP contribution in [0, 0.1) is 5.82 Å². The highest BCUT2D eigenvalue weighted by molar-refractivity contribution is 7.18. The fourth-order valence-corrected chi connectivity index (χ4v) is 4.73. The van der Waals surface area contributed by atoms with E-state index >= 15 is 0 Å². The summed E-state index contributed by atoms with van der Waals surface area (Å²) in [5.41, 5.74) is 1.63. The molecule has 23 heavy (non-hydrogen) atoms. The van der Waals surface area contributed by atoms with Gasteiger partial charge >= 0.3 is 0 Å². The summed E-state index contributed by atoms with van der Waals surface area (Å²) in [7, 11) is 0. The van der Waals surface area contributed by atoms with E-state index in [0.29, 0.717) is 11.5 Å². The zero-order valence-corrected chi connectivity index (χ0v) is 13.7. The second-order valence-electron chi connectivity index (χ2n) is 6.18. The predicted molar refractivity (Wildman–Crippen MR) is 90.7 cm³/mol. The summed E-state index contributed by atoms with van der Waals surface area (Å²) in [5, 5.41) is 0.746. The highest BCUT2D eigenvalue weighted by atomic mass is 32.1. The van der Waals surface area contributed by atoms with Crippen molar-refractivity contribution in [2.24, 2.45) is 0 Å². The van der Waals surface area contributed by atoms with Crippen molar-refractivity contribution < 1.29 is 4.39 Å². The topological polar surface area (TPSA) is 34.9 Å². The van der Waals surface area contributed by atoms with Gasteiger partial charge in [-0.15, -0.1) is 11.3 Å². The normalized spacial score (nSPS) is 17.4. The number of hydrogen-bond acceptors (Lipinski definition) is 3. The van der Waals surface area contributed by atoms with Gasteiger partial charge in [-0.2, -0.15) is 0 Å². The summed E-state index contributed by atoms with van der Waals surface area (Å²) in [6, 6.07) is 6.56. The third-order valence-electron chi connectivity index (χ3n) is 4.62. The molecule has 0 saturated carbocycles. The van der Waals surface area contributed by atoms with Crippen LogP contribution >= 0.6 is 11.3 Å². The molecule has 0 radical (unpaired) electrons. The van der Waals surface area contributed by atoms with Crippen LogP contribution in [0.25, 0.3) is 10.2 Å². The molecule has 0 fully saturated rings. The Morgan fingerprint density at radius 3 is 3.04 bits per heavy atom. The number of hydrogen-bond donors (Lipinski definition) is 0. The van der Waals surface area contributed by atoms with Crippen LogP contribution in [0.3, 0.4) is 0 Å². The van der Waals surface area contributed by atoms with Gasteiger partial charge in [0.25, 0.3) is 5.56 Å². The van der Waals surface area contributed by atoms with E-state index in [1.54, 1.807) is 35.9 Å². The van der Waals surface area contributed by atoms with E-state index in [1.807, 2.05) is 0 Å². The largest absolute Gasteiger partial charge is 0.294 e. The lowest BCUT2D eigenvalue weighted by atomic mass is 9.88. The molecule has 5 heteroatoms. The van der Waals surface area contributed by atoms with Crippen molar-refractivity contribution in [3.05, 3.63) is 62.8 Å². The summed E-state index contributed by atoms with van der Waals surface area (Å²) in [6.07, 6.45) is 4.86. The van der Waals surface area contributed by atoms with Crippen LogP contribution in [0.4, 0.5) is 4.39 Å². The summed E-state index contributed by atoms with van der Waals surface area (Å²) in [4.78, 5) is 19.5. The van der Waals surface area contributed by atoms with Gasteiger partial charge in [0.15, 0.2) is 0 Å². The monoisotopic (exact) mass is 328 g/mol. The van der Waals surface area contributed by atoms with Crippen molar-refractivity contribution in [3.63, 3.8) is 0 Å². The minimum atomic E-state index is -0.291. The average Bonchev–Trinajstić information content (AvgIpc) is 2.93. The molecule has 0 amide bonds. The number of aryl methyl sites for hydroxylation is 1. The van der Waals surface area contributed by atoms with E-state index in [1.165, 1.54) is 27.5 Å². The molecule has 3 nitrogen and oxygen atoms in total. The van der Waals surface area contributed by atoms with Gasteiger partial charge in [0.1, 0.15) is 10.6 Å². The van der Waals surface area contributed by atoms with Crippen LogP contribution in [-0.4, -0.2) is 9.55 Å². The fourth-order valence-electron chi connectivity index (χ4n) is 3.44. The molecular formula is C18H17FN2OS. The molecule has 118 valence electrons. The Morgan fingerprint density at radius 1 is 1.39 bits per heavy atom. The number of benzene rings is 1. The lowest BCUT2D eigenvalue weighted by Crippen LogP contribution is -2.22. The van der Waals surface area contributed by atoms with Gasteiger partial charge in [-0.1, -0.05) is 25.1 Å². The lowest BCUT2D eigenvalue weighted by Gasteiger charge is -2.18. The van der Waals surface area contributed by atoms with Crippen molar-refractivity contribution in [1.29, 1.82) is 0 Å². The standard InChI is InChI=1S/C18H17FN2OS/c1-11-5-4-8-14-15(11)16-17(23-14)20-10-21(18(16)22)9-12-6-2-3-7-13(12)19/h2-3,6-7,10-11H,4-5,8-9H2,1H3. The molecule has 1 atom stereocenters. The minimum Gasteiger partial charge on any atom is -0.294 e. The molecule has 0 saturated heterocycles. The van der Waals surface area contributed by atoms with Gasteiger partial charge in [0, 0.05) is 10.4 Å². The van der Waals surface area contributed by atoms with E-state index in [2.05, 4.69) is 11.9 Å².